The van der Waals surface area contributed by atoms with E-state index in [9.17, 15) is 24.3 Å². The van der Waals surface area contributed by atoms with Crippen LogP contribution >= 0.6 is 0 Å². The summed E-state index contributed by atoms with van der Waals surface area (Å²) in [4.78, 5) is 50.5. The van der Waals surface area contributed by atoms with E-state index in [0.717, 1.165) is 0 Å². The molecule has 0 saturated carbocycles. The predicted octanol–water partition coefficient (Wildman–Crippen LogP) is 1.22. The second kappa shape index (κ2) is 9.84. The minimum Gasteiger partial charge on any atom is -0.484 e. The van der Waals surface area contributed by atoms with Crippen molar-refractivity contribution < 1.29 is 38.5 Å². The van der Waals surface area contributed by atoms with Crippen LogP contribution in [0, 0.1) is 11.3 Å². The molecule has 0 bridgehead atoms. The highest BCUT2D eigenvalue weighted by Gasteiger charge is 2.57. The highest BCUT2D eigenvalue weighted by molar-refractivity contribution is 6.06. The van der Waals surface area contributed by atoms with Crippen LogP contribution in [0.4, 0.5) is 0 Å². The van der Waals surface area contributed by atoms with Crippen LogP contribution in [-0.2, 0) is 28.7 Å². The first kappa shape index (κ1) is 25.2. The summed E-state index contributed by atoms with van der Waals surface area (Å²) >= 11 is 0. The lowest BCUT2D eigenvalue weighted by Gasteiger charge is -2.44. The highest BCUT2D eigenvalue weighted by atomic mass is 16.7. The van der Waals surface area contributed by atoms with Gasteiger partial charge in [0.25, 0.3) is 5.91 Å². The van der Waals surface area contributed by atoms with Crippen LogP contribution < -0.4 is 10.1 Å². The molecule has 2 aliphatic rings. The van der Waals surface area contributed by atoms with Crippen LogP contribution in [0.5, 0.6) is 5.75 Å². The zero-order chi connectivity index (χ0) is 25.2. The molecule has 0 radical (unpaired) electrons. The number of amides is 2. The summed E-state index contributed by atoms with van der Waals surface area (Å²) in [6, 6.07) is 6.41. The number of benzene rings is 1. The van der Waals surface area contributed by atoms with E-state index in [0.29, 0.717) is 23.3 Å². The predicted molar refractivity (Wildman–Crippen MR) is 120 cm³/mol. The van der Waals surface area contributed by atoms with Gasteiger partial charge in [-0.1, -0.05) is 12.1 Å². The van der Waals surface area contributed by atoms with Crippen molar-refractivity contribution >= 4 is 29.3 Å². The van der Waals surface area contributed by atoms with Gasteiger partial charge < -0.3 is 29.5 Å². The maximum Gasteiger partial charge on any atom is 0.358 e. The normalized spacial score (nSPS) is 20.3. The average molecular weight is 475 g/mol. The molecule has 1 aromatic carbocycles. The van der Waals surface area contributed by atoms with E-state index in [4.69, 9.17) is 14.2 Å². The van der Waals surface area contributed by atoms with Gasteiger partial charge in [0.05, 0.1) is 23.5 Å². The molecular formula is C24H30N2O8. The Morgan fingerprint density at radius 1 is 1.24 bits per heavy atom. The van der Waals surface area contributed by atoms with Crippen LogP contribution in [0.2, 0.25) is 0 Å². The number of hydrogen-bond acceptors (Lipinski definition) is 8. The number of likely N-dealkylation sites (N-methyl/N-ethyl adjacent to an activating group) is 1. The molecule has 2 N–H and O–H groups in total. The van der Waals surface area contributed by atoms with Gasteiger partial charge in [-0.25, -0.2) is 4.79 Å². The van der Waals surface area contributed by atoms with Crippen LogP contribution in [0.3, 0.4) is 0 Å². The van der Waals surface area contributed by atoms with Gasteiger partial charge in [0, 0.05) is 7.05 Å². The Morgan fingerprint density at radius 2 is 1.94 bits per heavy atom. The number of aliphatic hydroxyl groups is 1. The van der Waals surface area contributed by atoms with Crippen molar-refractivity contribution in [3.05, 3.63) is 35.5 Å². The molecule has 184 valence electrons. The molecule has 10 nitrogen and oxygen atoms in total. The number of aliphatic hydroxyl groups excluding tert-OH is 1. The maximum absolute atomic E-state index is 13.0. The Labute approximate surface area is 197 Å². The largest absolute Gasteiger partial charge is 0.484 e. The van der Waals surface area contributed by atoms with E-state index in [1.54, 1.807) is 45.0 Å². The van der Waals surface area contributed by atoms with Crippen molar-refractivity contribution in [3.8, 4) is 5.75 Å². The number of nitrogens with one attached hydrogen (secondary N) is 1. The van der Waals surface area contributed by atoms with Crippen LogP contribution in [0.25, 0.3) is 5.57 Å². The number of hydrogen-bond donors (Lipinski definition) is 2. The van der Waals surface area contributed by atoms with Gasteiger partial charge in [0.1, 0.15) is 11.4 Å². The van der Waals surface area contributed by atoms with Gasteiger partial charge in [-0.15, -0.1) is 0 Å². The van der Waals surface area contributed by atoms with Gasteiger partial charge in [0.15, 0.2) is 6.61 Å². The lowest BCUT2D eigenvalue weighted by Crippen LogP contribution is -2.61. The summed E-state index contributed by atoms with van der Waals surface area (Å²) < 4.78 is 15.7. The fourth-order valence-electron chi connectivity index (χ4n) is 3.93. The number of fused-ring (bicyclic) bond motifs is 1. The third-order valence-corrected chi connectivity index (χ3v) is 5.75. The molecule has 2 heterocycles. The molecule has 3 rings (SSSR count). The lowest BCUT2D eigenvalue weighted by molar-refractivity contribution is -0.175. The van der Waals surface area contributed by atoms with Gasteiger partial charge in [-0.2, -0.15) is 0 Å². The second-order valence-corrected chi connectivity index (χ2v) is 9.29. The highest BCUT2D eigenvalue weighted by Crippen LogP contribution is 2.47. The molecule has 1 aromatic rings. The molecule has 0 unspecified atom stereocenters. The van der Waals surface area contributed by atoms with Gasteiger partial charge >= 0.3 is 11.9 Å². The lowest BCUT2D eigenvalue weighted by atomic mass is 9.82. The van der Waals surface area contributed by atoms with E-state index >= 15 is 0 Å². The molecule has 10 heteroatoms. The number of rotatable bonds is 8. The minimum absolute atomic E-state index is 0.0437. The number of nitrogens with zero attached hydrogens (tertiary/aromatic N) is 1. The second-order valence-electron chi connectivity index (χ2n) is 9.29. The summed E-state index contributed by atoms with van der Waals surface area (Å²) in [6.07, 6.45) is -0.549. The molecule has 2 aliphatic heterocycles. The molecule has 0 aliphatic carbocycles. The van der Waals surface area contributed by atoms with Crippen molar-refractivity contribution in [3.63, 3.8) is 0 Å². The average Bonchev–Trinajstić information content (AvgIpc) is 3.11. The fraction of sp³-hybridized carbons (Fsp3) is 0.500. The molecule has 1 saturated heterocycles. The Balaban J connectivity index is 1.86. The van der Waals surface area contributed by atoms with E-state index < -0.39 is 42.2 Å². The Morgan fingerprint density at radius 3 is 2.56 bits per heavy atom. The first-order valence-corrected chi connectivity index (χ1v) is 11.0. The first-order chi connectivity index (χ1) is 16.0. The van der Waals surface area contributed by atoms with Crippen molar-refractivity contribution in [1.29, 1.82) is 0 Å². The minimum atomic E-state index is -0.875. The summed E-state index contributed by atoms with van der Waals surface area (Å²) in [5, 5.41) is 12.5. The molecule has 2 amide bonds. The van der Waals surface area contributed by atoms with E-state index in [1.807, 2.05) is 0 Å². The summed E-state index contributed by atoms with van der Waals surface area (Å²) in [6.45, 7) is 5.79. The van der Waals surface area contributed by atoms with Crippen LogP contribution in [0.15, 0.2) is 30.0 Å². The third-order valence-electron chi connectivity index (χ3n) is 5.75. The molecular weight excluding hydrogens is 444 g/mol. The van der Waals surface area contributed by atoms with E-state index in [-0.39, 0.29) is 24.1 Å². The standard InChI is InChI=1S/C24H30N2O8/c1-13(27)19-17-10-16(14-7-6-8-15(9-14)32-11-18(28)25-5)20(26(17)21(19)29)22(30)33-12-34-23(31)24(2,3)4/h6-9,13,17,19,27H,10-12H2,1-5H3,(H,25,28)/t13-,17-,19-/m1/s1. The van der Waals surface area contributed by atoms with Crippen LogP contribution in [-0.4, -0.2) is 66.4 Å². The van der Waals surface area contributed by atoms with Gasteiger partial charge in [-0.3, -0.25) is 14.4 Å². The Hall–Kier alpha value is -3.40. The topological polar surface area (TPSA) is 131 Å². The summed E-state index contributed by atoms with van der Waals surface area (Å²) in [5.41, 5.74) is 0.434. The van der Waals surface area contributed by atoms with Gasteiger partial charge in [-0.05, 0) is 57.4 Å². The molecule has 0 spiro atoms. The summed E-state index contributed by atoms with van der Waals surface area (Å²) in [7, 11) is 1.50. The number of ether oxygens (including phenoxy) is 3. The monoisotopic (exact) mass is 474 g/mol. The fourth-order valence-corrected chi connectivity index (χ4v) is 3.93. The first-order valence-electron chi connectivity index (χ1n) is 11.0. The van der Waals surface area contributed by atoms with Crippen molar-refractivity contribution in [2.45, 2.75) is 46.3 Å². The van der Waals surface area contributed by atoms with Crippen molar-refractivity contribution in [1.82, 2.24) is 10.2 Å². The molecule has 34 heavy (non-hydrogen) atoms. The molecule has 3 atom stereocenters. The molecule has 0 aromatic heterocycles. The quantitative estimate of drug-likeness (QED) is 0.327. The molecule has 1 fully saturated rings. The zero-order valence-corrected chi connectivity index (χ0v) is 19.9. The number of carbonyl (C=O) groups is 4. The number of esters is 2. The van der Waals surface area contributed by atoms with Gasteiger partial charge in [0.2, 0.25) is 12.7 Å². The summed E-state index contributed by atoms with van der Waals surface area (Å²) in [5.74, 6) is -2.24. The zero-order valence-electron chi connectivity index (χ0n) is 19.9. The Bertz CT molecular complexity index is 1020. The number of carbonyl (C=O) groups excluding carboxylic acids is 4. The van der Waals surface area contributed by atoms with E-state index in [2.05, 4.69) is 5.32 Å². The smallest absolute Gasteiger partial charge is 0.358 e. The third kappa shape index (κ3) is 5.06. The number of β-lactam (4-membered cyclic amide) rings is 1. The van der Waals surface area contributed by atoms with Crippen molar-refractivity contribution in [2.75, 3.05) is 20.4 Å². The van der Waals surface area contributed by atoms with E-state index in [1.165, 1.54) is 18.9 Å². The van der Waals surface area contributed by atoms with Crippen LogP contribution in [0.1, 0.15) is 39.7 Å². The maximum atomic E-state index is 13.0. The Kier molecular flexibility index (Phi) is 7.30. The SMILES string of the molecule is CNC(=O)COc1cccc(C2=C(C(=O)OCOC(=O)C(C)(C)C)N3C(=O)[C@H]([C@@H](C)O)[C@H]3C2)c1. The van der Waals surface area contributed by atoms with Crippen molar-refractivity contribution in [2.24, 2.45) is 11.3 Å².